The predicted octanol–water partition coefficient (Wildman–Crippen LogP) is 1.22. The first-order valence-corrected chi connectivity index (χ1v) is 3.99. The zero-order valence-corrected chi connectivity index (χ0v) is 7.78. The van der Waals surface area contributed by atoms with Crippen LogP contribution in [0, 0.1) is 0 Å². The SMILES string of the molecule is C=C(Cl)CNC(=O)CCC(C)=O. The molecule has 1 N–H and O–H groups in total. The molecule has 1 amide bonds. The van der Waals surface area contributed by atoms with Crippen LogP contribution in [0.3, 0.4) is 0 Å². The maximum Gasteiger partial charge on any atom is 0.220 e. The molecule has 0 aliphatic heterocycles. The monoisotopic (exact) mass is 189 g/mol. The summed E-state index contributed by atoms with van der Waals surface area (Å²) in [5.41, 5.74) is 0. The van der Waals surface area contributed by atoms with Crippen molar-refractivity contribution in [1.29, 1.82) is 0 Å². The molecular weight excluding hydrogens is 178 g/mol. The largest absolute Gasteiger partial charge is 0.351 e. The molecule has 0 radical (unpaired) electrons. The summed E-state index contributed by atoms with van der Waals surface area (Å²) in [6.45, 7) is 5.12. The van der Waals surface area contributed by atoms with Gasteiger partial charge in [0.05, 0.1) is 6.54 Å². The molecule has 0 unspecified atom stereocenters. The van der Waals surface area contributed by atoms with Crippen molar-refractivity contribution in [2.75, 3.05) is 6.54 Å². The zero-order chi connectivity index (χ0) is 9.56. The number of amides is 1. The van der Waals surface area contributed by atoms with Gasteiger partial charge in [0.1, 0.15) is 5.78 Å². The van der Waals surface area contributed by atoms with Crippen LogP contribution < -0.4 is 5.32 Å². The summed E-state index contributed by atoms with van der Waals surface area (Å²) in [6.07, 6.45) is 0.500. The van der Waals surface area contributed by atoms with Crippen LogP contribution in [0.1, 0.15) is 19.8 Å². The summed E-state index contributed by atoms with van der Waals surface area (Å²) in [5.74, 6) is -0.165. The third-order valence-corrected chi connectivity index (χ3v) is 1.32. The smallest absolute Gasteiger partial charge is 0.220 e. The molecule has 0 aromatic heterocycles. The highest BCUT2D eigenvalue weighted by molar-refractivity contribution is 6.29. The van der Waals surface area contributed by atoms with Crippen molar-refractivity contribution in [3.8, 4) is 0 Å². The molecule has 0 rings (SSSR count). The Morgan fingerprint density at radius 3 is 2.42 bits per heavy atom. The number of ketones is 1. The maximum atomic E-state index is 10.9. The molecule has 0 aliphatic rings. The van der Waals surface area contributed by atoms with Gasteiger partial charge < -0.3 is 10.1 Å². The van der Waals surface area contributed by atoms with Gasteiger partial charge in [-0.3, -0.25) is 4.79 Å². The minimum absolute atomic E-state index is 0.00912. The number of carbonyl (C=O) groups excluding carboxylic acids is 2. The number of hydrogen-bond acceptors (Lipinski definition) is 2. The molecule has 4 heteroatoms. The number of nitrogens with one attached hydrogen (secondary N) is 1. The van der Waals surface area contributed by atoms with E-state index >= 15 is 0 Å². The summed E-state index contributed by atoms with van der Waals surface area (Å²) in [6, 6.07) is 0. The van der Waals surface area contributed by atoms with E-state index in [4.69, 9.17) is 11.6 Å². The fourth-order valence-corrected chi connectivity index (χ4v) is 0.639. The average Bonchev–Trinajstić information content (AvgIpc) is 1.96. The molecule has 12 heavy (non-hydrogen) atoms. The fraction of sp³-hybridized carbons (Fsp3) is 0.500. The van der Waals surface area contributed by atoms with Gasteiger partial charge in [0.2, 0.25) is 5.91 Å². The molecule has 0 spiro atoms. The topological polar surface area (TPSA) is 46.2 Å². The van der Waals surface area contributed by atoms with Crippen LogP contribution in [0.4, 0.5) is 0 Å². The van der Waals surface area contributed by atoms with Crippen LogP contribution in [0.15, 0.2) is 11.6 Å². The number of hydrogen-bond donors (Lipinski definition) is 1. The second-order valence-corrected chi connectivity index (χ2v) is 3.03. The lowest BCUT2D eigenvalue weighted by atomic mass is 10.2. The molecule has 0 bridgehead atoms. The number of Topliss-reactive ketones (excluding diaryl/α,β-unsaturated/α-hetero) is 1. The van der Waals surface area contributed by atoms with Crippen molar-refractivity contribution in [2.45, 2.75) is 19.8 Å². The number of rotatable bonds is 5. The van der Waals surface area contributed by atoms with Crippen LogP contribution in [-0.2, 0) is 9.59 Å². The van der Waals surface area contributed by atoms with E-state index in [1.807, 2.05) is 0 Å². The first-order valence-electron chi connectivity index (χ1n) is 3.61. The van der Waals surface area contributed by atoms with E-state index in [1.165, 1.54) is 6.92 Å². The summed E-state index contributed by atoms with van der Waals surface area (Å²) in [5, 5.41) is 2.90. The van der Waals surface area contributed by atoms with E-state index < -0.39 is 0 Å². The molecular formula is C8H12ClNO2. The summed E-state index contributed by atoms with van der Waals surface area (Å²) in [4.78, 5) is 21.4. The predicted molar refractivity (Wildman–Crippen MR) is 47.9 cm³/mol. The van der Waals surface area contributed by atoms with E-state index in [0.29, 0.717) is 5.03 Å². The maximum absolute atomic E-state index is 10.9. The van der Waals surface area contributed by atoms with Crippen LogP contribution in [0.25, 0.3) is 0 Å². The average molecular weight is 190 g/mol. The fourth-order valence-electron chi connectivity index (χ4n) is 0.572. The van der Waals surface area contributed by atoms with Crippen LogP contribution >= 0.6 is 11.6 Å². The van der Waals surface area contributed by atoms with Gasteiger partial charge in [-0.15, -0.1) is 0 Å². The molecule has 0 aromatic rings. The number of halogens is 1. The summed E-state index contributed by atoms with van der Waals surface area (Å²) < 4.78 is 0. The number of carbonyl (C=O) groups is 2. The minimum atomic E-state index is -0.174. The Bertz CT molecular complexity index is 181. The van der Waals surface area contributed by atoms with Gasteiger partial charge in [-0.1, -0.05) is 18.2 Å². The lowest BCUT2D eigenvalue weighted by Crippen LogP contribution is -2.24. The second kappa shape index (κ2) is 5.77. The molecule has 0 atom stereocenters. The highest BCUT2D eigenvalue weighted by atomic mass is 35.5. The normalized spacial score (nSPS) is 9.17. The Kier molecular flexibility index (Phi) is 5.37. The standard InChI is InChI=1S/C8H12ClNO2/c1-6(9)5-10-8(12)4-3-7(2)11/h1,3-5H2,2H3,(H,10,12). The van der Waals surface area contributed by atoms with E-state index in [0.717, 1.165) is 0 Å². The Morgan fingerprint density at radius 2 is 2.00 bits per heavy atom. The second-order valence-electron chi connectivity index (χ2n) is 2.50. The first kappa shape index (κ1) is 11.2. The van der Waals surface area contributed by atoms with Gasteiger partial charge in [-0.2, -0.15) is 0 Å². The highest BCUT2D eigenvalue weighted by Gasteiger charge is 2.02. The van der Waals surface area contributed by atoms with Gasteiger partial charge in [0, 0.05) is 17.9 Å². The van der Waals surface area contributed by atoms with Crippen molar-refractivity contribution in [1.82, 2.24) is 5.32 Å². The third-order valence-electron chi connectivity index (χ3n) is 1.18. The Morgan fingerprint density at radius 1 is 1.42 bits per heavy atom. The van der Waals surface area contributed by atoms with Crippen molar-refractivity contribution < 1.29 is 9.59 Å². The Labute approximate surface area is 76.8 Å². The quantitative estimate of drug-likeness (QED) is 0.707. The van der Waals surface area contributed by atoms with E-state index in [2.05, 4.69) is 11.9 Å². The molecule has 0 aromatic carbocycles. The van der Waals surface area contributed by atoms with E-state index in [1.54, 1.807) is 0 Å². The van der Waals surface area contributed by atoms with Gasteiger partial charge in [-0.25, -0.2) is 0 Å². The van der Waals surface area contributed by atoms with Gasteiger partial charge in [0.25, 0.3) is 0 Å². The third kappa shape index (κ3) is 7.28. The van der Waals surface area contributed by atoms with E-state index in [9.17, 15) is 9.59 Å². The van der Waals surface area contributed by atoms with Gasteiger partial charge >= 0.3 is 0 Å². The molecule has 3 nitrogen and oxygen atoms in total. The Balaban J connectivity index is 3.47. The van der Waals surface area contributed by atoms with Crippen molar-refractivity contribution in [2.24, 2.45) is 0 Å². The molecule has 0 heterocycles. The van der Waals surface area contributed by atoms with E-state index in [-0.39, 0.29) is 31.1 Å². The zero-order valence-electron chi connectivity index (χ0n) is 7.02. The summed E-state index contributed by atoms with van der Waals surface area (Å²) >= 11 is 5.41. The lowest BCUT2D eigenvalue weighted by Gasteiger charge is -2.01. The lowest BCUT2D eigenvalue weighted by molar-refractivity contribution is -0.124. The first-order chi connectivity index (χ1) is 5.52. The van der Waals surface area contributed by atoms with Crippen molar-refractivity contribution in [3.63, 3.8) is 0 Å². The Hall–Kier alpha value is -0.830. The van der Waals surface area contributed by atoms with Gasteiger partial charge in [0.15, 0.2) is 0 Å². The highest BCUT2D eigenvalue weighted by Crippen LogP contribution is 1.94. The van der Waals surface area contributed by atoms with Crippen LogP contribution in [0.2, 0.25) is 0 Å². The molecule has 68 valence electrons. The molecule has 0 saturated carbocycles. The minimum Gasteiger partial charge on any atom is -0.351 e. The van der Waals surface area contributed by atoms with Crippen LogP contribution in [-0.4, -0.2) is 18.2 Å². The van der Waals surface area contributed by atoms with Gasteiger partial charge in [-0.05, 0) is 6.92 Å². The van der Waals surface area contributed by atoms with Crippen LogP contribution in [0.5, 0.6) is 0 Å². The van der Waals surface area contributed by atoms with Crippen molar-refractivity contribution in [3.05, 3.63) is 11.6 Å². The molecule has 0 fully saturated rings. The summed E-state index contributed by atoms with van der Waals surface area (Å²) in [7, 11) is 0. The van der Waals surface area contributed by atoms with Crippen molar-refractivity contribution >= 4 is 23.3 Å². The molecule has 0 saturated heterocycles. The molecule has 0 aliphatic carbocycles.